The second-order valence-corrected chi connectivity index (χ2v) is 9.51. The molecule has 2 aromatic rings. The molecule has 1 saturated carbocycles. The van der Waals surface area contributed by atoms with Gasteiger partial charge in [-0.3, -0.25) is 4.79 Å². The third-order valence-electron chi connectivity index (χ3n) is 5.66. The lowest BCUT2D eigenvalue weighted by Crippen LogP contribution is -2.42. The Kier molecular flexibility index (Phi) is 6.17. The molecule has 1 heterocycles. The normalized spacial score (nSPS) is 20.4. The molecule has 1 atom stereocenters. The molecule has 0 spiro atoms. The summed E-state index contributed by atoms with van der Waals surface area (Å²) in [4.78, 5) is 14.8. The zero-order valence-electron chi connectivity index (χ0n) is 16.6. The van der Waals surface area contributed by atoms with E-state index in [1.54, 1.807) is 29.2 Å². The average molecular weight is 433 g/mol. The molecule has 0 aromatic heterocycles. The summed E-state index contributed by atoms with van der Waals surface area (Å²) in [6, 6.07) is 12.1. The molecule has 2 aliphatic rings. The Hall–Kier alpha value is -2.29. The second kappa shape index (κ2) is 8.83. The van der Waals surface area contributed by atoms with Crippen molar-refractivity contribution in [3.8, 4) is 0 Å². The molecule has 1 saturated heterocycles. The van der Waals surface area contributed by atoms with Crippen molar-refractivity contribution < 1.29 is 22.3 Å². The van der Waals surface area contributed by atoms with Crippen molar-refractivity contribution in [1.29, 1.82) is 0 Å². The summed E-state index contributed by atoms with van der Waals surface area (Å²) in [5, 5.41) is 0. The summed E-state index contributed by atoms with van der Waals surface area (Å²) in [5.41, 5.74) is 1.12. The predicted octanol–water partition coefficient (Wildman–Crippen LogP) is 3.26. The first-order valence-corrected chi connectivity index (χ1v) is 11.7. The fourth-order valence-electron chi connectivity index (χ4n) is 4.02. The van der Waals surface area contributed by atoms with E-state index in [-0.39, 0.29) is 28.8 Å². The highest BCUT2D eigenvalue weighted by molar-refractivity contribution is 7.89. The number of sulfonamides is 1. The van der Waals surface area contributed by atoms with Gasteiger partial charge in [0.15, 0.2) is 0 Å². The zero-order valence-corrected chi connectivity index (χ0v) is 17.4. The van der Waals surface area contributed by atoms with Crippen molar-refractivity contribution in [1.82, 2.24) is 9.62 Å². The maximum Gasteiger partial charge on any atom is 0.254 e. The van der Waals surface area contributed by atoms with Crippen LogP contribution in [0.25, 0.3) is 0 Å². The van der Waals surface area contributed by atoms with Gasteiger partial charge in [0.05, 0.1) is 18.0 Å². The summed E-state index contributed by atoms with van der Waals surface area (Å²) < 4.78 is 47.1. The largest absolute Gasteiger partial charge is 0.370 e. The molecule has 6 nitrogen and oxygen atoms in total. The third kappa shape index (κ3) is 4.71. The van der Waals surface area contributed by atoms with Crippen LogP contribution in [0.5, 0.6) is 0 Å². The molecule has 4 rings (SSSR count). The first kappa shape index (κ1) is 21.0. The van der Waals surface area contributed by atoms with Crippen LogP contribution in [0.15, 0.2) is 53.4 Å². The number of nitrogens with zero attached hydrogens (tertiary/aromatic N) is 1. The SMILES string of the molecule is O=C(c1cccc(S(=O)(=O)NC2CCCC2)c1)N1CCOC(c2ccc(F)cc2)C1. The summed E-state index contributed by atoms with van der Waals surface area (Å²) in [7, 11) is -3.67. The highest BCUT2D eigenvalue weighted by atomic mass is 32.2. The van der Waals surface area contributed by atoms with E-state index >= 15 is 0 Å². The fraction of sp³-hybridized carbons (Fsp3) is 0.409. The van der Waals surface area contributed by atoms with E-state index in [1.165, 1.54) is 24.3 Å². The maximum absolute atomic E-state index is 13.2. The number of carbonyl (C=O) groups is 1. The quantitative estimate of drug-likeness (QED) is 0.787. The molecule has 1 unspecified atom stereocenters. The van der Waals surface area contributed by atoms with Gasteiger partial charge in [0.25, 0.3) is 5.91 Å². The number of carbonyl (C=O) groups excluding carboxylic acids is 1. The number of rotatable bonds is 5. The third-order valence-corrected chi connectivity index (χ3v) is 7.18. The molecule has 30 heavy (non-hydrogen) atoms. The molecule has 0 radical (unpaired) electrons. The number of halogens is 1. The van der Waals surface area contributed by atoms with Crippen molar-refractivity contribution in [2.45, 2.75) is 42.7 Å². The Morgan fingerprint density at radius 3 is 2.57 bits per heavy atom. The summed E-state index contributed by atoms with van der Waals surface area (Å²) in [5.74, 6) is -0.574. The first-order valence-electron chi connectivity index (χ1n) is 10.2. The number of hydrogen-bond donors (Lipinski definition) is 1. The Morgan fingerprint density at radius 2 is 1.83 bits per heavy atom. The van der Waals surface area contributed by atoms with Gasteiger partial charge in [0.2, 0.25) is 10.0 Å². The number of morpholine rings is 1. The molecule has 2 aromatic carbocycles. The van der Waals surface area contributed by atoms with Gasteiger partial charge in [-0.05, 0) is 48.7 Å². The van der Waals surface area contributed by atoms with Gasteiger partial charge >= 0.3 is 0 Å². The van der Waals surface area contributed by atoms with Gasteiger partial charge in [-0.15, -0.1) is 0 Å². The number of ether oxygens (including phenoxy) is 1. The van der Waals surface area contributed by atoms with Crippen LogP contribution in [-0.2, 0) is 14.8 Å². The highest BCUT2D eigenvalue weighted by Gasteiger charge is 2.28. The Morgan fingerprint density at radius 1 is 1.10 bits per heavy atom. The van der Waals surface area contributed by atoms with Gasteiger partial charge < -0.3 is 9.64 Å². The average Bonchev–Trinajstić information content (AvgIpc) is 3.26. The molecule has 1 N–H and O–H groups in total. The van der Waals surface area contributed by atoms with Gasteiger partial charge in [0, 0.05) is 18.2 Å². The van der Waals surface area contributed by atoms with E-state index in [9.17, 15) is 17.6 Å². The van der Waals surface area contributed by atoms with E-state index < -0.39 is 10.0 Å². The van der Waals surface area contributed by atoms with Crippen LogP contribution in [-0.4, -0.2) is 45.0 Å². The fourth-order valence-corrected chi connectivity index (χ4v) is 5.37. The standard InChI is InChI=1S/C22H25FN2O4S/c23-18-10-8-16(9-11-18)21-15-25(12-13-29-21)22(26)17-4-3-7-20(14-17)30(27,28)24-19-5-1-2-6-19/h3-4,7-11,14,19,21,24H,1-2,5-6,12-13,15H2. The molecule has 2 fully saturated rings. The molecule has 160 valence electrons. The number of benzene rings is 2. The maximum atomic E-state index is 13.2. The Balaban J connectivity index is 1.49. The number of hydrogen-bond acceptors (Lipinski definition) is 4. The van der Waals surface area contributed by atoms with E-state index in [0.29, 0.717) is 25.3 Å². The van der Waals surface area contributed by atoms with Crippen LogP contribution in [0.2, 0.25) is 0 Å². The van der Waals surface area contributed by atoms with Crippen molar-refractivity contribution in [2.24, 2.45) is 0 Å². The number of nitrogens with one attached hydrogen (secondary N) is 1. The molecule has 1 aliphatic carbocycles. The van der Waals surface area contributed by atoms with Crippen molar-refractivity contribution in [2.75, 3.05) is 19.7 Å². The van der Waals surface area contributed by atoms with Crippen molar-refractivity contribution in [3.63, 3.8) is 0 Å². The van der Waals surface area contributed by atoms with E-state index in [2.05, 4.69) is 4.72 Å². The topological polar surface area (TPSA) is 75.7 Å². The van der Waals surface area contributed by atoms with Gasteiger partial charge in [-0.2, -0.15) is 0 Å². The van der Waals surface area contributed by atoms with Crippen molar-refractivity contribution >= 4 is 15.9 Å². The van der Waals surface area contributed by atoms with Crippen LogP contribution < -0.4 is 4.72 Å². The van der Waals surface area contributed by atoms with Crippen LogP contribution in [0, 0.1) is 5.82 Å². The molecular formula is C22H25FN2O4S. The Labute approximate surface area is 176 Å². The second-order valence-electron chi connectivity index (χ2n) is 7.79. The minimum absolute atomic E-state index is 0.0370. The van der Waals surface area contributed by atoms with Crippen LogP contribution in [0.3, 0.4) is 0 Å². The van der Waals surface area contributed by atoms with E-state index in [1.807, 2.05) is 0 Å². The number of amides is 1. The molecular weight excluding hydrogens is 407 g/mol. The predicted molar refractivity (Wildman–Crippen MR) is 110 cm³/mol. The lowest BCUT2D eigenvalue weighted by Gasteiger charge is -2.33. The molecule has 1 amide bonds. The van der Waals surface area contributed by atoms with Gasteiger partial charge in [-0.1, -0.05) is 31.0 Å². The minimum atomic E-state index is -3.67. The molecule has 1 aliphatic heterocycles. The lowest BCUT2D eigenvalue weighted by molar-refractivity contribution is -0.0228. The summed E-state index contributed by atoms with van der Waals surface area (Å²) in [6.07, 6.45) is 3.39. The Bertz CT molecular complexity index is 1000. The van der Waals surface area contributed by atoms with Crippen LogP contribution >= 0.6 is 0 Å². The van der Waals surface area contributed by atoms with Gasteiger partial charge in [-0.25, -0.2) is 17.5 Å². The van der Waals surface area contributed by atoms with Crippen molar-refractivity contribution in [3.05, 3.63) is 65.5 Å². The van der Waals surface area contributed by atoms with Crippen LogP contribution in [0.4, 0.5) is 4.39 Å². The lowest BCUT2D eigenvalue weighted by atomic mass is 10.1. The molecule has 0 bridgehead atoms. The van der Waals surface area contributed by atoms with E-state index in [4.69, 9.17) is 4.74 Å². The zero-order chi connectivity index (χ0) is 21.1. The highest BCUT2D eigenvalue weighted by Crippen LogP contribution is 2.25. The summed E-state index contributed by atoms with van der Waals surface area (Å²) in [6.45, 7) is 1.09. The minimum Gasteiger partial charge on any atom is -0.370 e. The monoisotopic (exact) mass is 432 g/mol. The van der Waals surface area contributed by atoms with Crippen LogP contribution in [0.1, 0.15) is 47.7 Å². The summed E-state index contributed by atoms with van der Waals surface area (Å²) >= 11 is 0. The molecule has 8 heteroatoms. The smallest absolute Gasteiger partial charge is 0.254 e. The van der Waals surface area contributed by atoms with E-state index in [0.717, 1.165) is 31.2 Å². The first-order chi connectivity index (χ1) is 14.4. The van der Waals surface area contributed by atoms with Gasteiger partial charge in [0.1, 0.15) is 11.9 Å².